The van der Waals surface area contributed by atoms with Gasteiger partial charge in [0.1, 0.15) is 0 Å². The molecule has 1 fully saturated rings. The number of carbonyl (C=O) groups is 2. The first-order valence-corrected chi connectivity index (χ1v) is 14.3. The van der Waals surface area contributed by atoms with Crippen molar-refractivity contribution in [2.75, 3.05) is 6.54 Å². The minimum absolute atomic E-state index is 0.0355. The summed E-state index contributed by atoms with van der Waals surface area (Å²) in [5.41, 5.74) is 2.31. The van der Waals surface area contributed by atoms with Gasteiger partial charge in [-0.1, -0.05) is 87.5 Å². The summed E-state index contributed by atoms with van der Waals surface area (Å²) in [6, 6.07) is 21.8. The fourth-order valence-electron chi connectivity index (χ4n) is 5.89. The van der Waals surface area contributed by atoms with Crippen LogP contribution in [0.25, 0.3) is 0 Å². The lowest BCUT2D eigenvalue weighted by Gasteiger charge is -2.45. The third-order valence-electron chi connectivity index (χ3n) is 8.42. The van der Waals surface area contributed by atoms with E-state index in [2.05, 4.69) is 18.7 Å². The van der Waals surface area contributed by atoms with Crippen LogP contribution in [0.5, 0.6) is 0 Å². The predicted octanol–water partition coefficient (Wildman–Crippen LogP) is 8.59. The number of alkyl halides is 3. The lowest BCUT2D eigenvalue weighted by molar-refractivity contribution is -0.144. The van der Waals surface area contributed by atoms with Crippen LogP contribution in [0.4, 0.5) is 13.2 Å². The number of carbonyl (C=O) groups excluding carboxylic acids is 1. The molecule has 0 aliphatic carbocycles. The number of aliphatic carboxylic acids is 1. The molecule has 0 radical (unpaired) electrons. The summed E-state index contributed by atoms with van der Waals surface area (Å²) in [4.78, 5) is 27.2. The first-order valence-electron chi connectivity index (χ1n) is 14.3. The van der Waals surface area contributed by atoms with E-state index in [0.717, 1.165) is 36.1 Å². The molecule has 1 unspecified atom stereocenters. The van der Waals surface area contributed by atoms with E-state index in [9.17, 15) is 27.9 Å². The Kier molecular flexibility index (Phi) is 9.69. The van der Waals surface area contributed by atoms with Gasteiger partial charge in [-0.3, -0.25) is 14.5 Å². The average molecular weight is 566 g/mol. The number of carboxylic acids is 1. The number of hydrogen-bond donors (Lipinski definition) is 1. The first kappa shape index (κ1) is 30.5. The summed E-state index contributed by atoms with van der Waals surface area (Å²) in [6.07, 6.45) is -1.42. The van der Waals surface area contributed by atoms with Gasteiger partial charge in [0, 0.05) is 23.2 Å². The van der Waals surface area contributed by atoms with E-state index in [1.165, 1.54) is 12.1 Å². The molecular weight excluding hydrogens is 527 g/mol. The van der Waals surface area contributed by atoms with Crippen molar-refractivity contribution in [3.05, 3.63) is 107 Å². The molecule has 0 saturated carbocycles. The van der Waals surface area contributed by atoms with Crippen LogP contribution in [-0.2, 0) is 11.0 Å². The maximum absolute atomic E-state index is 13.3. The Morgan fingerprint density at radius 3 is 2.05 bits per heavy atom. The van der Waals surface area contributed by atoms with Gasteiger partial charge in [-0.05, 0) is 67.3 Å². The number of carboxylic acid groups (broad SMARTS) is 1. The standard InChI is InChI=1S/C34H38F3NO3/c1-22(2)9-18-30(24-10-12-27(13-11-24)32(39)26-7-5-4-6-8-26)38-20-19-28(23(3)33(40)41)21-31(38)25-14-16-29(17-15-25)34(35,36)37/h4-8,10-17,22-23,28,30-31H,9,18-21H2,1-3H3,(H,40,41)/t23?,28-,30-,31+/m1/s1. The van der Waals surface area contributed by atoms with Crippen LogP contribution in [0.15, 0.2) is 78.9 Å². The summed E-state index contributed by atoms with van der Waals surface area (Å²) in [6.45, 7) is 6.66. The number of hydrogen-bond acceptors (Lipinski definition) is 3. The molecule has 3 aromatic rings. The SMILES string of the molecule is CC(C)CC[C@H](c1ccc(C(=O)c2ccccc2)cc1)N1CC[C@@H](C(C)C(=O)O)C[C@H]1c1ccc(C(F)(F)F)cc1. The monoisotopic (exact) mass is 565 g/mol. The molecule has 0 amide bonds. The molecule has 1 heterocycles. The van der Waals surface area contributed by atoms with Gasteiger partial charge in [0.2, 0.25) is 0 Å². The molecular formula is C34H38F3NO3. The number of benzene rings is 3. The fraction of sp³-hybridized carbons (Fsp3) is 0.412. The van der Waals surface area contributed by atoms with Gasteiger partial charge < -0.3 is 5.11 Å². The Labute approximate surface area is 240 Å². The normalized spacial score (nSPS) is 19.6. The van der Waals surface area contributed by atoms with Crippen LogP contribution >= 0.6 is 0 Å². The average Bonchev–Trinajstić information content (AvgIpc) is 2.97. The summed E-state index contributed by atoms with van der Waals surface area (Å²) < 4.78 is 40.0. The second-order valence-electron chi connectivity index (χ2n) is 11.6. The zero-order valence-electron chi connectivity index (χ0n) is 23.8. The molecule has 0 aromatic heterocycles. The van der Waals surface area contributed by atoms with Crippen molar-refractivity contribution in [1.82, 2.24) is 4.90 Å². The second-order valence-corrected chi connectivity index (χ2v) is 11.6. The maximum Gasteiger partial charge on any atom is 0.416 e. The van der Waals surface area contributed by atoms with Crippen molar-refractivity contribution in [2.45, 2.75) is 64.7 Å². The highest BCUT2D eigenvalue weighted by molar-refractivity contribution is 6.08. The number of halogens is 3. The van der Waals surface area contributed by atoms with E-state index in [4.69, 9.17) is 0 Å². The lowest BCUT2D eigenvalue weighted by Crippen LogP contribution is -2.42. The van der Waals surface area contributed by atoms with Crippen molar-refractivity contribution < 1.29 is 27.9 Å². The molecule has 1 aliphatic rings. The van der Waals surface area contributed by atoms with Crippen LogP contribution in [0, 0.1) is 17.8 Å². The highest BCUT2D eigenvalue weighted by Crippen LogP contribution is 2.44. The van der Waals surface area contributed by atoms with E-state index in [1.807, 2.05) is 42.5 Å². The van der Waals surface area contributed by atoms with Crippen molar-refractivity contribution in [3.63, 3.8) is 0 Å². The Balaban J connectivity index is 1.69. The molecule has 1 aliphatic heterocycles. The maximum atomic E-state index is 13.3. The van der Waals surface area contributed by atoms with Gasteiger partial charge in [-0.25, -0.2) is 0 Å². The third kappa shape index (κ3) is 7.45. The highest BCUT2D eigenvalue weighted by atomic mass is 19.4. The Bertz CT molecular complexity index is 1300. The van der Waals surface area contributed by atoms with E-state index in [0.29, 0.717) is 36.4 Å². The molecule has 1 saturated heterocycles. The first-order chi connectivity index (χ1) is 19.5. The predicted molar refractivity (Wildman–Crippen MR) is 154 cm³/mol. The molecule has 3 aromatic carbocycles. The second kappa shape index (κ2) is 13.0. The number of ketones is 1. The molecule has 0 spiro atoms. The Morgan fingerprint density at radius 2 is 1.49 bits per heavy atom. The topological polar surface area (TPSA) is 57.6 Å². The van der Waals surface area contributed by atoms with Crippen LogP contribution in [0.3, 0.4) is 0 Å². The fourth-order valence-corrected chi connectivity index (χ4v) is 5.89. The quantitative estimate of drug-likeness (QED) is 0.250. The van der Waals surface area contributed by atoms with E-state index in [-0.39, 0.29) is 23.8 Å². The minimum atomic E-state index is -4.43. The van der Waals surface area contributed by atoms with Crippen molar-refractivity contribution in [2.24, 2.45) is 17.8 Å². The largest absolute Gasteiger partial charge is 0.481 e. The zero-order chi connectivity index (χ0) is 29.7. The molecule has 0 bridgehead atoms. The van der Waals surface area contributed by atoms with Gasteiger partial charge >= 0.3 is 12.1 Å². The summed E-state index contributed by atoms with van der Waals surface area (Å²) in [7, 11) is 0. The number of rotatable bonds is 10. The van der Waals surface area contributed by atoms with Gasteiger partial charge in [-0.15, -0.1) is 0 Å². The Morgan fingerprint density at radius 1 is 0.878 bits per heavy atom. The van der Waals surface area contributed by atoms with Crippen LogP contribution in [-0.4, -0.2) is 28.3 Å². The molecule has 4 atom stereocenters. The summed E-state index contributed by atoms with van der Waals surface area (Å²) in [5.74, 6) is -1.10. The Hall–Kier alpha value is -3.45. The van der Waals surface area contributed by atoms with E-state index >= 15 is 0 Å². The summed E-state index contributed by atoms with van der Waals surface area (Å²) >= 11 is 0. The van der Waals surface area contributed by atoms with Gasteiger partial charge in [0.05, 0.1) is 11.5 Å². The van der Waals surface area contributed by atoms with Gasteiger partial charge in [-0.2, -0.15) is 13.2 Å². The zero-order valence-corrected chi connectivity index (χ0v) is 23.8. The van der Waals surface area contributed by atoms with Crippen LogP contribution in [0.2, 0.25) is 0 Å². The smallest absolute Gasteiger partial charge is 0.416 e. The van der Waals surface area contributed by atoms with E-state index < -0.39 is 23.6 Å². The summed E-state index contributed by atoms with van der Waals surface area (Å²) in [5, 5.41) is 9.70. The lowest BCUT2D eigenvalue weighted by atomic mass is 9.78. The molecule has 4 nitrogen and oxygen atoms in total. The van der Waals surface area contributed by atoms with Gasteiger partial charge in [0.25, 0.3) is 0 Å². The van der Waals surface area contributed by atoms with Crippen molar-refractivity contribution >= 4 is 11.8 Å². The van der Waals surface area contributed by atoms with E-state index in [1.54, 1.807) is 19.1 Å². The number of likely N-dealkylation sites (tertiary alicyclic amines) is 1. The molecule has 41 heavy (non-hydrogen) atoms. The third-order valence-corrected chi connectivity index (χ3v) is 8.42. The van der Waals surface area contributed by atoms with Crippen LogP contribution < -0.4 is 0 Å². The number of nitrogens with zero attached hydrogens (tertiary/aromatic N) is 1. The number of piperidine rings is 1. The van der Waals surface area contributed by atoms with Crippen LogP contribution in [0.1, 0.15) is 91.1 Å². The molecule has 4 rings (SSSR count). The molecule has 218 valence electrons. The molecule has 1 N–H and O–H groups in total. The minimum Gasteiger partial charge on any atom is -0.481 e. The molecule has 7 heteroatoms. The van der Waals surface area contributed by atoms with Crippen molar-refractivity contribution in [3.8, 4) is 0 Å². The highest BCUT2D eigenvalue weighted by Gasteiger charge is 2.38. The van der Waals surface area contributed by atoms with Gasteiger partial charge in [0.15, 0.2) is 5.78 Å². The van der Waals surface area contributed by atoms with Crippen molar-refractivity contribution in [1.29, 1.82) is 0 Å².